The summed E-state index contributed by atoms with van der Waals surface area (Å²) in [6.07, 6.45) is 1.96. The molecular formula is C20H16FN3O2. The number of rotatable bonds is 3. The SMILES string of the molecule is Nc1ccc(C2=NN(C(=O)c3ccco3)C(c3ccc(F)cc3)C2)cc1. The molecule has 0 aliphatic carbocycles. The number of hydrogen-bond acceptors (Lipinski definition) is 4. The highest BCUT2D eigenvalue weighted by Gasteiger charge is 2.34. The smallest absolute Gasteiger partial charge is 0.310 e. The maximum Gasteiger partial charge on any atom is 0.310 e. The molecule has 0 saturated heterocycles. The Hall–Kier alpha value is -3.41. The lowest BCUT2D eigenvalue weighted by Crippen LogP contribution is -2.26. The molecule has 2 aromatic carbocycles. The number of carbonyl (C=O) groups is 1. The van der Waals surface area contributed by atoms with Crippen molar-refractivity contribution in [3.05, 3.63) is 89.6 Å². The Morgan fingerprint density at radius 2 is 1.85 bits per heavy atom. The van der Waals surface area contributed by atoms with Crippen LogP contribution in [0.2, 0.25) is 0 Å². The van der Waals surface area contributed by atoms with Crippen molar-refractivity contribution in [1.29, 1.82) is 0 Å². The summed E-state index contributed by atoms with van der Waals surface area (Å²) in [5.74, 6) is -0.454. The van der Waals surface area contributed by atoms with Crippen LogP contribution < -0.4 is 5.73 Å². The Bertz CT molecular complexity index is 948. The molecule has 0 bridgehead atoms. The second-order valence-electron chi connectivity index (χ2n) is 6.07. The summed E-state index contributed by atoms with van der Waals surface area (Å²) in [5, 5.41) is 5.93. The second kappa shape index (κ2) is 6.48. The van der Waals surface area contributed by atoms with E-state index in [-0.39, 0.29) is 23.5 Å². The summed E-state index contributed by atoms with van der Waals surface area (Å²) in [6, 6.07) is 16.4. The van der Waals surface area contributed by atoms with Gasteiger partial charge in [-0.2, -0.15) is 5.10 Å². The van der Waals surface area contributed by atoms with Gasteiger partial charge in [-0.3, -0.25) is 4.79 Å². The van der Waals surface area contributed by atoms with Crippen molar-refractivity contribution in [3.8, 4) is 0 Å². The van der Waals surface area contributed by atoms with Crippen molar-refractivity contribution in [2.45, 2.75) is 12.5 Å². The average Bonchev–Trinajstić information content (AvgIpc) is 3.33. The fourth-order valence-electron chi connectivity index (χ4n) is 3.01. The minimum atomic E-state index is -0.338. The Kier molecular flexibility index (Phi) is 4.01. The molecule has 0 fully saturated rings. The summed E-state index contributed by atoms with van der Waals surface area (Å²) in [7, 11) is 0. The molecule has 6 heteroatoms. The van der Waals surface area contributed by atoms with Gasteiger partial charge >= 0.3 is 5.91 Å². The largest absolute Gasteiger partial charge is 0.459 e. The number of nitrogen functional groups attached to an aromatic ring is 1. The third-order valence-electron chi connectivity index (χ3n) is 4.35. The molecule has 1 atom stereocenters. The van der Waals surface area contributed by atoms with E-state index >= 15 is 0 Å². The third-order valence-corrected chi connectivity index (χ3v) is 4.35. The van der Waals surface area contributed by atoms with E-state index in [2.05, 4.69) is 5.10 Å². The van der Waals surface area contributed by atoms with Crippen LogP contribution in [0.15, 0.2) is 76.4 Å². The van der Waals surface area contributed by atoms with E-state index in [0.717, 1.165) is 16.8 Å². The van der Waals surface area contributed by atoms with Crippen LogP contribution in [0.5, 0.6) is 0 Å². The zero-order valence-electron chi connectivity index (χ0n) is 13.8. The van der Waals surface area contributed by atoms with E-state index in [0.29, 0.717) is 12.1 Å². The zero-order chi connectivity index (χ0) is 18.1. The van der Waals surface area contributed by atoms with Gasteiger partial charge in [0.2, 0.25) is 0 Å². The molecule has 0 spiro atoms. The highest BCUT2D eigenvalue weighted by Crippen LogP contribution is 2.34. The van der Waals surface area contributed by atoms with Crippen LogP contribution in [0.3, 0.4) is 0 Å². The standard InChI is InChI=1S/C20H16FN3O2/c21-15-7-3-14(4-8-15)18-12-17(13-5-9-16(22)10-6-13)23-24(18)20(25)19-2-1-11-26-19/h1-11,18H,12,22H2. The number of carbonyl (C=O) groups excluding carboxylic acids is 1. The minimum absolute atomic E-state index is 0.208. The van der Waals surface area contributed by atoms with Crippen molar-refractivity contribution in [1.82, 2.24) is 5.01 Å². The molecule has 5 nitrogen and oxygen atoms in total. The first-order chi connectivity index (χ1) is 12.6. The van der Waals surface area contributed by atoms with Crippen LogP contribution in [-0.2, 0) is 0 Å². The molecule has 1 aromatic heterocycles. The topological polar surface area (TPSA) is 71.8 Å². The van der Waals surface area contributed by atoms with Crippen molar-refractivity contribution < 1.29 is 13.6 Å². The van der Waals surface area contributed by atoms with Gasteiger partial charge in [0.15, 0.2) is 5.76 Å². The van der Waals surface area contributed by atoms with Crippen LogP contribution in [0.4, 0.5) is 10.1 Å². The number of hydrazone groups is 1. The number of anilines is 1. The normalized spacial score (nSPS) is 16.6. The summed E-state index contributed by atoms with van der Waals surface area (Å²) < 4.78 is 18.5. The van der Waals surface area contributed by atoms with E-state index < -0.39 is 0 Å². The summed E-state index contributed by atoms with van der Waals surface area (Å²) >= 11 is 0. The van der Waals surface area contributed by atoms with E-state index in [4.69, 9.17) is 10.2 Å². The summed E-state index contributed by atoms with van der Waals surface area (Å²) in [4.78, 5) is 12.8. The fraction of sp³-hybridized carbons (Fsp3) is 0.100. The number of nitrogens with two attached hydrogens (primary N) is 1. The lowest BCUT2D eigenvalue weighted by Gasteiger charge is -2.21. The molecule has 1 aliphatic heterocycles. The number of nitrogens with zero attached hydrogens (tertiary/aromatic N) is 2. The molecule has 0 saturated carbocycles. The minimum Gasteiger partial charge on any atom is -0.459 e. The molecular weight excluding hydrogens is 333 g/mol. The van der Waals surface area contributed by atoms with Gasteiger partial charge in [0, 0.05) is 12.1 Å². The molecule has 1 unspecified atom stereocenters. The van der Waals surface area contributed by atoms with E-state index in [9.17, 15) is 9.18 Å². The number of furan rings is 1. The lowest BCUT2D eigenvalue weighted by molar-refractivity contribution is 0.0678. The van der Waals surface area contributed by atoms with E-state index in [1.807, 2.05) is 12.1 Å². The van der Waals surface area contributed by atoms with Crippen LogP contribution in [-0.4, -0.2) is 16.6 Å². The highest BCUT2D eigenvalue weighted by atomic mass is 19.1. The molecule has 1 amide bonds. The zero-order valence-corrected chi connectivity index (χ0v) is 13.8. The van der Waals surface area contributed by atoms with Gasteiger partial charge in [-0.05, 0) is 47.5 Å². The summed E-state index contributed by atoms with van der Waals surface area (Å²) in [6.45, 7) is 0. The van der Waals surface area contributed by atoms with Crippen molar-refractivity contribution >= 4 is 17.3 Å². The highest BCUT2D eigenvalue weighted by molar-refractivity contribution is 6.04. The monoisotopic (exact) mass is 349 g/mol. The molecule has 2 N–H and O–H groups in total. The third kappa shape index (κ3) is 2.97. The Labute approximate surface area is 149 Å². The molecule has 4 rings (SSSR count). The maximum atomic E-state index is 13.3. The van der Waals surface area contributed by atoms with Crippen LogP contribution in [0.25, 0.3) is 0 Å². The maximum absolute atomic E-state index is 13.3. The van der Waals surface area contributed by atoms with Gasteiger partial charge in [0.05, 0.1) is 18.0 Å². The average molecular weight is 349 g/mol. The first-order valence-corrected chi connectivity index (χ1v) is 8.18. The number of amides is 1. The second-order valence-corrected chi connectivity index (χ2v) is 6.07. The van der Waals surface area contributed by atoms with E-state index in [1.165, 1.54) is 23.4 Å². The predicted molar refractivity (Wildman–Crippen MR) is 96.0 cm³/mol. The van der Waals surface area contributed by atoms with Crippen molar-refractivity contribution in [2.75, 3.05) is 5.73 Å². The molecule has 1 aliphatic rings. The Morgan fingerprint density at radius 1 is 1.12 bits per heavy atom. The van der Waals surface area contributed by atoms with Crippen LogP contribution in [0, 0.1) is 5.82 Å². The molecule has 26 heavy (non-hydrogen) atoms. The number of benzene rings is 2. The molecule has 2 heterocycles. The van der Waals surface area contributed by atoms with Gasteiger partial charge in [0.1, 0.15) is 5.82 Å². The van der Waals surface area contributed by atoms with Crippen molar-refractivity contribution in [2.24, 2.45) is 5.10 Å². The van der Waals surface area contributed by atoms with Gasteiger partial charge in [-0.25, -0.2) is 9.40 Å². The van der Waals surface area contributed by atoms with Gasteiger partial charge in [-0.1, -0.05) is 24.3 Å². The lowest BCUT2D eigenvalue weighted by atomic mass is 9.98. The predicted octanol–water partition coefficient (Wildman–Crippen LogP) is 3.99. The first-order valence-electron chi connectivity index (χ1n) is 8.18. The quantitative estimate of drug-likeness (QED) is 0.727. The van der Waals surface area contributed by atoms with Crippen LogP contribution >= 0.6 is 0 Å². The van der Waals surface area contributed by atoms with Gasteiger partial charge < -0.3 is 10.2 Å². The van der Waals surface area contributed by atoms with E-state index in [1.54, 1.807) is 36.4 Å². The number of halogens is 1. The fourth-order valence-corrected chi connectivity index (χ4v) is 3.01. The van der Waals surface area contributed by atoms with Gasteiger partial charge in [-0.15, -0.1) is 0 Å². The molecule has 3 aromatic rings. The summed E-state index contributed by atoms with van der Waals surface area (Å²) in [5.41, 5.74) is 8.86. The van der Waals surface area contributed by atoms with Gasteiger partial charge in [0.25, 0.3) is 0 Å². The molecule has 0 radical (unpaired) electrons. The van der Waals surface area contributed by atoms with Crippen LogP contribution in [0.1, 0.15) is 34.1 Å². The number of hydrogen-bond donors (Lipinski definition) is 1. The van der Waals surface area contributed by atoms with Crippen molar-refractivity contribution in [3.63, 3.8) is 0 Å². The molecule has 130 valence electrons. The first kappa shape index (κ1) is 16.1. The Morgan fingerprint density at radius 3 is 2.50 bits per heavy atom. The Balaban J connectivity index is 1.72.